The maximum Gasteiger partial charge on any atom is 0.306 e. The van der Waals surface area contributed by atoms with Crippen molar-refractivity contribution in [3.05, 3.63) is 0 Å². The second kappa shape index (κ2) is 53.8. The molecule has 0 fully saturated rings. The van der Waals surface area contributed by atoms with Crippen LogP contribution in [0.3, 0.4) is 0 Å². The van der Waals surface area contributed by atoms with Crippen LogP contribution in [0.25, 0.3) is 0 Å². The zero-order chi connectivity index (χ0) is 47.4. The van der Waals surface area contributed by atoms with Crippen LogP contribution in [0.15, 0.2) is 0 Å². The molecule has 0 spiro atoms. The van der Waals surface area contributed by atoms with Crippen LogP contribution in [0.1, 0.15) is 342 Å². The number of aliphatic hydroxyl groups excluding tert-OH is 2. The predicted molar refractivity (Wildman–Crippen MR) is 283 cm³/mol. The van der Waals surface area contributed by atoms with Crippen LogP contribution in [0.2, 0.25) is 0 Å². The molecule has 0 rings (SSSR count). The second-order valence-electron chi connectivity index (χ2n) is 20.8. The van der Waals surface area contributed by atoms with E-state index in [9.17, 15) is 19.8 Å². The standard InChI is InChI=1S/C59H117NO5/c1-4-7-10-13-16-19-22-24-26-28-29-30-32-34-37-40-43-46-49-52-59(64)65-55(50-47-44-41-38-35-21-18-15-12-9-6-3)53-58(63)60-56(54-61)57(62)51-48-45-42-39-36-33-31-27-25-23-20-17-14-11-8-5-2/h55-57,61-62H,4-54H2,1-3H3,(H,60,63). The van der Waals surface area contributed by atoms with E-state index in [-0.39, 0.29) is 24.9 Å². The van der Waals surface area contributed by atoms with Gasteiger partial charge in [0.15, 0.2) is 0 Å². The topological polar surface area (TPSA) is 95.9 Å². The summed E-state index contributed by atoms with van der Waals surface area (Å²) in [4.78, 5) is 26.2. The van der Waals surface area contributed by atoms with Crippen molar-refractivity contribution in [1.29, 1.82) is 0 Å². The fraction of sp³-hybridized carbons (Fsp3) is 0.966. The summed E-state index contributed by atoms with van der Waals surface area (Å²) >= 11 is 0. The van der Waals surface area contributed by atoms with Crippen LogP contribution in [0.5, 0.6) is 0 Å². The van der Waals surface area contributed by atoms with E-state index in [1.54, 1.807) is 0 Å². The van der Waals surface area contributed by atoms with Gasteiger partial charge in [0.1, 0.15) is 6.10 Å². The van der Waals surface area contributed by atoms with Crippen LogP contribution < -0.4 is 5.32 Å². The Balaban J connectivity index is 4.37. The Morgan fingerprint density at radius 3 is 0.938 bits per heavy atom. The molecule has 388 valence electrons. The Morgan fingerprint density at radius 1 is 0.385 bits per heavy atom. The van der Waals surface area contributed by atoms with Gasteiger partial charge in [-0.2, -0.15) is 0 Å². The van der Waals surface area contributed by atoms with Crippen LogP contribution in [0, 0.1) is 0 Å². The molecule has 3 atom stereocenters. The lowest BCUT2D eigenvalue weighted by atomic mass is 10.0. The summed E-state index contributed by atoms with van der Waals surface area (Å²) in [5.41, 5.74) is 0. The molecule has 0 aliphatic carbocycles. The molecule has 6 nitrogen and oxygen atoms in total. The van der Waals surface area contributed by atoms with Crippen LogP contribution in [-0.2, 0) is 14.3 Å². The van der Waals surface area contributed by atoms with Crippen LogP contribution in [0.4, 0.5) is 0 Å². The molecule has 1 amide bonds. The molecule has 3 N–H and O–H groups in total. The number of esters is 1. The summed E-state index contributed by atoms with van der Waals surface area (Å²) in [7, 11) is 0. The fourth-order valence-corrected chi connectivity index (χ4v) is 9.67. The minimum atomic E-state index is -0.780. The Hall–Kier alpha value is -1.14. The lowest BCUT2D eigenvalue weighted by Crippen LogP contribution is -2.46. The van der Waals surface area contributed by atoms with Gasteiger partial charge in [0.25, 0.3) is 0 Å². The zero-order valence-corrected chi connectivity index (χ0v) is 44.4. The fourth-order valence-electron chi connectivity index (χ4n) is 9.67. The van der Waals surface area contributed by atoms with E-state index >= 15 is 0 Å². The average Bonchev–Trinajstić information content (AvgIpc) is 3.30. The van der Waals surface area contributed by atoms with Gasteiger partial charge in [0, 0.05) is 6.42 Å². The molecule has 0 aliphatic heterocycles. The highest BCUT2D eigenvalue weighted by atomic mass is 16.5. The van der Waals surface area contributed by atoms with Crippen molar-refractivity contribution in [3.63, 3.8) is 0 Å². The van der Waals surface area contributed by atoms with Crippen molar-refractivity contribution in [2.75, 3.05) is 6.61 Å². The third kappa shape index (κ3) is 49.1. The number of hydrogen-bond donors (Lipinski definition) is 3. The van der Waals surface area contributed by atoms with E-state index in [2.05, 4.69) is 26.1 Å². The largest absolute Gasteiger partial charge is 0.462 e. The van der Waals surface area contributed by atoms with Gasteiger partial charge in [0.05, 0.1) is 25.2 Å². The van der Waals surface area contributed by atoms with Crippen molar-refractivity contribution in [1.82, 2.24) is 5.32 Å². The van der Waals surface area contributed by atoms with Crippen LogP contribution >= 0.6 is 0 Å². The van der Waals surface area contributed by atoms with Crippen LogP contribution in [-0.4, -0.2) is 46.9 Å². The number of hydrogen-bond acceptors (Lipinski definition) is 5. The zero-order valence-electron chi connectivity index (χ0n) is 44.4. The van der Waals surface area contributed by atoms with Gasteiger partial charge in [-0.15, -0.1) is 0 Å². The predicted octanol–water partition coefficient (Wildman–Crippen LogP) is 18.3. The Kier molecular flexibility index (Phi) is 52.9. The third-order valence-electron chi connectivity index (χ3n) is 14.2. The second-order valence-corrected chi connectivity index (χ2v) is 20.8. The van der Waals surface area contributed by atoms with Gasteiger partial charge < -0.3 is 20.3 Å². The van der Waals surface area contributed by atoms with E-state index in [0.717, 1.165) is 38.5 Å². The summed E-state index contributed by atoms with van der Waals surface area (Å²) in [6.45, 7) is 6.54. The van der Waals surface area contributed by atoms with Gasteiger partial charge in [0.2, 0.25) is 5.91 Å². The highest BCUT2D eigenvalue weighted by molar-refractivity contribution is 5.77. The Bertz CT molecular complexity index is 944. The smallest absolute Gasteiger partial charge is 0.306 e. The molecule has 0 aromatic rings. The summed E-state index contributed by atoms with van der Waals surface area (Å²) in [5.74, 6) is -0.445. The molecule has 0 aliphatic rings. The number of ether oxygens (including phenoxy) is 1. The number of aliphatic hydroxyl groups is 2. The molecular formula is C59H117NO5. The molecule has 0 radical (unpaired) electrons. The van der Waals surface area contributed by atoms with Gasteiger partial charge in [-0.3, -0.25) is 9.59 Å². The van der Waals surface area contributed by atoms with Gasteiger partial charge in [-0.25, -0.2) is 0 Å². The molecule has 65 heavy (non-hydrogen) atoms. The van der Waals surface area contributed by atoms with Gasteiger partial charge in [-0.1, -0.05) is 303 Å². The van der Waals surface area contributed by atoms with E-state index in [4.69, 9.17) is 4.74 Å². The summed E-state index contributed by atoms with van der Waals surface area (Å²) in [6.07, 6.45) is 60.3. The number of unbranched alkanes of at least 4 members (excludes halogenated alkanes) is 43. The lowest BCUT2D eigenvalue weighted by molar-refractivity contribution is -0.151. The molecule has 0 heterocycles. The van der Waals surface area contributed by atoms with E-state index in [0.29, 0.717) is 19.3 Å². The van der Waals surface area contributed by atoms with Crippen molar-refractivity contribution in [3.8, 4) is 0 Å². The first-order valence-corrected chi connectivity index (χ1v) is 29.8. The molecule has 0 saturated carbocycles. The average molecular weight is 921 g/mol. The highest BCUT2D eigenvalue weighted by Crippen LogP contribution is 2.19. The van der Waals surface area contributed by atoms with Crippen molar-refractivity contribution >= 4 is 11.9 Å². The maximum atomic E-state index is 13.3. The summed E-state index contributed by atoms with van der Waals surface area (Å²) < 4.78 is 5.96. The normalized spacial score (nSPS) is 13.0. The number of amides is 1. The molecule has 0 saturated heterocycles. The molecule has 6 heteroatoms. The van der Waals surface area contributed by atoms with Crippen molar-refractivity contribution in [2.24, 2.45) is 0 Å². The SMILES string of the molecule is CCCCCCCCCCCCCCCCCCCCCC(=O)OC(CCCCCCCCCCCCC)CC(=O)NC(CO)C(O)CCCCCCCCCCCCCCCCCC. The number of rotatable bonds is 55. The highest BCUT2D eigenvalue weighted by Gasteiger charge is 2.24. The molecule has 0 bridgehead atoms. The quantitative estimate of drug-likeness (QED) is 0.0417. The summed E-state index contributed by atoms with van der Waals surface area (Å²) in [6, 6.07) is -0.693. The third-order valence-corrected chi connectivity index (χ3v) is 14.2. The minimum absolute atomic E-state index is 0.0883. The van der Waals surface area contributed by atoms with Crippen molar-refractivity contribution in [2.45, 2.75) is 360 Å². The first-order chi connectivity index (χ1) is 32.0. The lowest BCUT2D eigenvalue weighted by Gasteiger charge is -2.24. The molecular weight excluding hydrogens is 803 g/mol. The summed E-state index contributed by atoms with van der Waals surface area (Å²) in [5, 5.41) is 23.9. The molecule has 0 aromatic heterocycles. The van der Waals surface area contributed by atoms with E-state index in [1.165, 1.54) is 257 Å². The van der Waals surface area contributed by atoms with Gasteiger partial charge >= 0.3 is 5.97 Å². The van der Waals surface area contributed by atoms with E-state index < -0.39 is 18.2 Å². The van der Waals surface area contributed by atoms with Gasteiger partial charge in [-0.05, 0) is 25.7 Å². The minimum Gasteiger partial charge on any atom is -0.462 e. The van der Waals surface area contributed by atoms with E-state index in [1.807, 2.05) is 0 Å². The first-order valence-electron chi connectivity index (χ1n) is 29.8. The molecule has 0 aromatic carbocycles. The number of carbonyl (C=O) groups is 2. The number of carbonyl (C=O) groups excluding carboxylic acids is 2. The van der Waals surface area contributed by atoms with Crippen molar-refractivity contribution < 1.29 is 24.5 Å². The number of nitrogens with one attached hydrogen (secondary N) is 1. The Morgan fingerprint density at radius 2 is 0.646 bits per heavy atom. The molecule has 3 unspecified atom stereocenters. The first kappa shape index (κ1) is 63.9. The Labute approximate surface area is 406 Å². The maximum absolute atomic E-state index is 13.3. The monoisotopic (exact) mass is 920 g/mol.